The standard InChI is InChI=1S/C15H25NO/c1-11(2)15(17-5)14(16-4)10-13-9-7-6-8-12(13)3/h6-9,11,14-16H,10H2,1-5H3. The number of benzene rings is 1. The fourth-order valence-corrected chi connectivity index (χ4v) is 2.36. The van der Waals surface area contributed by atoms with E-state index in [2.05, 4.69) is 50.4 Å². The van der Waals surface area contributed by atoms with Gasteiger partial charge in [-0.3, -0.25) is 0 Å². The molecule has 0 aromatic heterocycles. The first-order valence-electron chi connectivity index (χ1n) is 6.34. The number of aryl methyl sites for hydroxylation is 1. The average Bonchev–Trinajstić information content (AvgIpc) is 2.30. The molecule has 1 aromatic rings. The fourth-order valence-electron chi connectivity index (χ4n) is 2.36. The molecule has 0 aliphatic carbocycles. The van der Waals surface area contributed by atoms with Crippen LogP contribution in [0.5, 0.6) is 0 Å². The summed E-state index contributed by atoms with van der Waals surface area (Å²) >= 11 is 0. The van der Waals surface area contributed by atoms with Crippen molar-refractivity contribution in [2.75, 3.05) is 14.2 Å². The van der Waals surface area contributed by atoms with Gasteiger partial charge in [0.15, 0.2) is 0 Å². The second kappa shape index (κ2) is 6.77. The average molecular weight is 235 g/mol. The van der Waals surface area contributed by atoms with Crippen molar-refractivity contribution < 1.29 is 4.74 Å². The first-order chi connectivity index (χ1) is 8.10. The number of hydrogen-bond acceptors (Lipinski definition) is 2. The minimum absolute atomic E-state index is 0.250. The van der Waals surface area contributed by atoms with E-state index in [0.717, 1.165) is 6.42 Å². The summed E-state index contributed by atoms with van der Waals surface area (Å²) in [5, 5.41) is 3.39. The van der Waals surface area contributed by atoms with Crippen LogP contribution in [0.4, 0.5) is 0 Å². The van der Waals surface area contributed by atoms with Crippen molar-refractivity contribution in [1.29, 1.82) is 0 Å². The van der Waals surface area contributed by atoms with Gasteiger partial charge in [0.05, 0.1) is 6.10 Å². The summed E-state index contributed by atoms with van der Waals surface area (Å²) in [5.41, 5.74) is 2.75. The lowest BCUT2D eigenvalue weighted by atomic mass is 9.92. The van der Waals surface area contributed by atoms with Crippen LogP contribution in [0, 0.1) is 12.8 Å². The Hall–Kier alpha value is -0.860. The first kappa shape index (κ1) is 14.2. The van der Waals surface area contributed by atoms with Gasteiger partial charge in [0.2, 0.25) is 0 Å². The van der Waals surface area contributed by atoms with Crippen LogP contribution in [0.1, 0.15) is 25.0 Å². The van der Waals surface area contributed by atoms with Crippen molar-refractivity contribution in [2.45, 2.75) is 39.3 Å². The van der Waals surface area contributed by atoms with Gasteiger partial charge in [-0.05, 0) is 37.4 Å². The van der Waals surface area contributed by atoms with E-state index in [9.17, 15) is 0 Å². The topological polar surface area (TPSA) is 21.3 Å². The zero-order chi connectivity index (χ0) is 12.8. The first-order valence-corrected chi connectivity index (χ1v) is 6.34. The molecule has 0 amide bonds. The summed E-state index contributed by atoms with van der Waals surface area (Å²) in [6, 6.07) is 8.92. The van der Waals surface area contributed by atoms with Crippen molar-refractivity contribution >= 4 is 0 Å². The fraction of sp³-hybridized carbons (Fsp3) is 0.600. The van der Waals surface area contributed by atoms with Gasteiger partial charge in [0.1, 0.15) is 0 Å². The van der Waals surface area contributed by atoms with E-state index < -0.39 is 0 Å². The Morgan fingerprint density at radius 2 is 1.88 bits per heavy atom. The van der Waals surface area contributed by atoms with E-state index in [1.807, 2.05) is 7.05 Å². The van der Waals surface area contributed by atoms with Crippen molar-refractivity contribution in [3.05, 3.63) is 35.4 Å². The summed E-state index contributed by atoms with van der Waals surface area (Å²) < 4.78 is 5.61. The number of likely N-dealkylation sites (N-methyl/N-ethyl adjacent to an activating group) is 1. The third-order valence-corrected chi connectivity index (χ3v) is 3.40. The molecule has 0 bridgehead atoms. The van der Waals surface area contributed by atoms with Crippen LogP contribution in [0.2, 0.25) is 0 Å². The molecule has 0 saturated heterocycles. The van der Waals surface area contributed by atoms with Crippen LogP contribution in [0.25, 0.3) is 0 Å². The van der Waals surface area contributed by atoms with E-state index in [0.29, 0.717) is 12.0 Å². The molecule has 1 aromatic carbocycles. The Balaban J connectivity index is 2.79. The lowest BCUT2D eigenvalue weighted by molar-refractivity contribution is 0.0353. The van der Waals surface area contributed by atoms with Gasteiger partial charge in [-0.25, -0.2) is 0 Å². The normalized spacial score (nSPS) is 14.9. The largest absolute Gasteiger partial charge is 0.380 e. The SMILES string of the molecule is CNC(Cc1ccccc1C)C(OC)C(C)C. The van der Waals surface area contributed by atoms with Gasteiger partial charge >= 0.3 is 0 Å². The highest BCUT2D eigenvalue weighted by Gasteiger charge is 2.23. The molecule has 2 nitrogen and oxygen atoms in total. The highest BCUT2D eigenvalue weighted by molar-refractivity contribution is 5.26. The third-order valence-electron chi connectivity index (χ3n) is 3.40. The molecule has 96 valence electrons. The Bertz CT molecular complexity index is 335. The summed E-state index contributed by atoms with van der Waals surface area (Å²) in [5.74, 6) is 0.515. The van der Waals surface area contributed by atoms with E-state index in [4.69, 9.17) is 4.74 Å². The monoisotopic (exact) mass is 235 g/mol. The molecular formula is C15H25NO. The van der Waals surface area contributed by atoms with Crippen molar-refractivity contribution in [3.63, 3.8) is 0 Å². The van der Waals surface area contributed by atoms with Crippen LogP contribution in [0.15, 0.2) is 24.3 Å². The summed E-state index contributed by atoms with van der Waals surface area (Å²) in [7, 11) is 3.81. The number of nitrogens with one attached hydrogen (secondary N) is 1. The molecular weight excluding hydrogens is 210 g/mol. The molecule has 1 N–H and O–H groups in total. The number of methoxy groups -OCH3 is 1. The number of hydrogen-bond donors (Lipinski definition) is 1. The van der Waals surface area contributed by atoms with Gasteiger partial charge in [-0.1, -0.05) is 38.1 Å². The lowest BCUT2D eigenvalue weighted by Gasteiger charge is -2.29. The van der Waals surface area contributed by atoms with Crippen LogP contribution >= 0.6 is 0 Å². The van der Waals surface area contributed by atoms with E-state index in [1.165, 1.54) is 11.1 Å². The summed E-state index contributed by atoms with van der Waals surface area (Å²) in [4.78, 5) is 0. The maximum absolute atomic E-state index is 5.61. The second-order valence-electron chi connectivity index (χ2n) is 4.97. The molecule has 0 aliphatic heterocycles. The Morgan fingerprint density at radius 3 is 2.35 bits per heavy atom. The number of rotatable bonds is 6. The Morgan fingerprint density at radius 1 is 1.24 bits per heavy atom. The molecule has 1 rings (SSSR count). The summed E-state index contributed by atoms with van der Waals surface area (Å²) in [6.07, 6.45) is 1.26. The van der Waals surface area contributed by atoms with Crippen LogP contribution in [-0.4, -0.2) is 26.3 Å². The Kier molecular flexibility index (Phi) is 5.66. The van der Waals surface area contributed by atoms with E-state index >= 15 is 0 Å². The minimum atomic E-state index is 0.250. The highest BCUT2D eigenvalue weighted by Crippen LogP contribution is 2.16. The number of ether oxygens (including phenoxy) is 1. The van der Waals surface area contributed by atoms with Crippen LogP contribution < -0.4 is 5.32 Å². The molecule has 2 unspecified atom stereocenters. The smallest absolute Gasteiger partial charge is 0.0750 e. The second-order valence-corrected chi connectivity index (χ2v) is 4.97. The maximum Gasteiger partial charge on any atom is 0.0750 e. The summed E-state index contributed by atoms with van der Waals surface area (Å²) in [6.45, 7) is 6.58. The lowest BCUT2D eigenvalue weighted by Crippen LogP contribution is -2.43. The van der Waals surface area contributed by atoms with Crippen LogP contribution in [0.3, 0.4) is 0 Å². The van der Waals surface area contributed by atoms with Crippen molar-refractivity contribution in [3.8, 4) is 0 Å². The van der Waals surface area contributed by atoms with Crippen LogP contribution in [-0.2, 0) is 11.2 Å². The van der Waals surface area contributed by atoms with Crippen molar-refractivity contribution in [1.82, 2.24) is 5.32 Å². The molecule has 0 heterocycles. The molecule has 0 aliphatic rings. The molecule has 0 saturated carbocycles. The zero-order valence-corrected chi connectivity index (χ0v) is 11.7. The maximum atomic E-state index is 5.61. The quantitative estimate of drug-likeness (QED) is 0.818. The molecule has 0 radical (unpaired) electrons. The molecule has 0 fully saturated rings. The molecule has 0 spiro atoms. The van der Waals surface area contributed by atoms with Gasteiger partial charge in [0.25, 0.3) is 0 Å². The minimum Gasteiger partial charge on any atom is -0.380 e. The predicted octanol–water partition coefficient (Wildman–Crippen LogP) is 2.80. The highest BCUT2D eigenvalue weighted by atomic mass is 16.5. The molecule has 2 atom stereocenters. The molecule has 2 heteroatoms. The third kappa shape index (κ3) is 3.83. The Labute approximate surface area is 105 Å². The van der Waals surface area contributed by atoms with Gasteiger partial charge in [-0.2, -0.15) is 0 Å². The van der Waals surface area contributed by atoms with E-state index in [1.54, 1.807) is 7.11 Å². The van der Waals surface area contributed by atoms with Gasteiger partial charge in [-0.15, -0.1) is 0 Å². The van der Waals surface area contributed by atoms with Gasteiger partial charge < -0.3 is 10.1 Å². The van der Waals surface area contributed by atoms with Crippen molar-refractivity contribution in [2.24, 2.45) is 5.92 Å². The van der Waals surface area contributed by atoms with Gasteiger partial charge in [0, 0.05) is 13.2 Å². The molecule has 17 heavy (non-hydrogen) atoms. The van der Waals surface area contributed by atoms with E-state index in [-0.39, 0.29) is 6.10 Å². The zero-order valence-electron chi connectivity index (χ0n) is 11.7. The predicted molar refractivity (Wildman–Crippen MR) is 73.4 cm³/mol.